The fourth-order valence-corrected chi connectivity index (χ4v) is 2.77. The van der Waals surface area contributed by atoms with Crippen molar-refractivity contribution >= 4 is 39.4 Å². The molecule has 3 aromatic heterocycles. The van der Waals surface area contributed by atoms with E-state index in [-0.39, 0.29) is 18.4 Å². The number of carbonyl (C=O) groups is 1. The van der Waals surface area contributed by atoms with Crippen LogP contribution in [0.2, 0.25) is 0 Å². The lowest BCUT2D eigenvalue weighted by atomic mass is 10.2. The van der Waals surface area contributed by atoms with Crippen molar-refractivity contribution < 1.29 is 4.79 Å². The average Bonchev–Trinajstić information content (AvgIpc) is 3.14. The number of aromatic nitrogens is 6. The van der Waals surface area contributed by atoms with Crippen molar-refractivity contribution in [1.82, 2.24) is 30.1 Å². The maximum Gasteiger partial charge on any atom is 0.245 e. The maximum absolute atomic E-state index is 12.2. The Morgan fingerprint density at radius 1 is 1.35 bits per heavy atom. The van der Waals surface area contributed by atoms with Crippen LogP contribution in [0.15, 0.2) is 12.7 Å². The van der Waals surface area contributed by atoms with Crippen LogP contribution in [0, 0.1) is 0 Å². The molecule has 0 aliphatic rings. The summed E-state index contributed by atoms with van der Waals surface area (Å²) in [7, 11) is 1.78. The van der Waals surface area contributed by atoms with E-state index in [2.05, 4.69) is 35.5 Å². The molecule has 2 N–H and O–H groups in total. The molecule has 0 fully saturated rings. The number of amides is 1. The van der Waals surface area contributed by atoms with Gasteiger partial charge in [0.1, 0.15) is 16.9 Å². The zero-order chi connectivity index (χ0) is 16.4. The number of anilines is 2. The van der Waals surface area contributed by atoms with Gasteiger partial charge in [0.15, 0.2) is 11.5 Å². The van der Waals surface area contributed by atoms with E-state index in [1.54, 1.807) is 18.3 Å². The highest BCUT2D eigenvalue weighted by Gasteiger charge is 2.15. The first-order chi connectivity index (χ1) is 11.0. The predicted octanol–water partition coefficient (Wildman–Crippen LogP) is 1.40. The summed E-state index contributed by atoms with van der Waals surface area (Å²) >= 11 is 1.38. The van der Waals surface area contributed by atoms with Crippen molar-refractivity contribution in [3.05, 3.63) is 17.7 Å². The summed E-state index contributed by atoms with van der Waals surface area (Å²) in [5, 5.41) is 12.2. The summed E-state index contributed by atoms with van der Waals surface area (Å²) in [5.41, 5.74) is 1.26. The van der Waals surface area contributed by atoms with Gasteiger partial charge in [0.25, 0.3) is 0 Å². The molecule has 0 saturated carbocycles. The Morgan fingerprint density at radius 2 is 2.17 bits per heavy atom. The highest BCUT2D eigenvalue weighted by molar-refractivity contribution is 7.15. The number of aromatic amines is 1. The minimum atomic E-state index is -0.190. The second-order valence-corrected chi connectivity index (χ2v) is 6.31. The van der Waals surface area contributed by atoms with Crippen LogP contribution in [0.1, 0.15) is 24.8 Å². The van der Waals surface area contributed by atoms with Gasteiger partial charge in [-0.25, -0.2) is 15.0 Å². The van der Waals surface area contributed by atoms with E-state index in [0.717, 1.165) is 5.01 Å². The fourth-order valence-electron chi connectivity index (χ4n) is 2.01. The van der Waals surface area contributed by atoms with E-state index in [1.807, 2.05) is 13.8 Å². The van der Waals surface area contributed by atoms with Crippen LogP contribution in [0.3, 0.4) is 0 Å². The number of imidazole rings is 1. The minimum Gasteiger partial charge on any atom is -0.348 e. The van der Waals surface area contributed by atoms with Gasteiger partial charge in [-0.1, -0.05) is 25.2 Å². The van der Waals surface area contributed by atoms with Gasteiger partial charge in [-0.15, -0.1) is 10.2 Å². The maximum atomic E-state index is 12.2. The molecular weight excluding hydrogens is 316 g/mol. The monoisotopic (exact) mass is 332 g/mol. The lowest BCUT2D eigenvalue weighted by Crippen LogP contribution is -2.30. The number of likely N-dealkylation sites (N-methyl/N-ethyl adjacent to an activating group) is 1. The molecule has 120 valence electrons. The van der Waals surface area contributed by atoms with E-state index in [1.165, 1.54) is 17.7 Å². The third-order valence-electron chi connectivity index (χ3n) is 3.13. The van der Waals surface area contributed by atoms with Gasteiger partial charge in [0.2, 0.25) is 11.0 Å². The number of hydrogen-bond acceptors (Lipinski definition) is 8. The molecule has 1 amide bonds. The largest absolute Gasteiger partial charge is 0.348 e. The lowest BCUT2D eigenvalue weighted by Gasteiger charge is -2.17. The number of hydrogen-bond donors (Lipinski definition) is 2. The van der Waals surface area contributed by atoms with Crippen LogP contribution >= 0.6 is 11.3 Å². The van der Waals surface area contributed by atoms with Gasteiger partial charge in [-0.05, 0) is 0 Å². The molecule has 0 spiro atoms. The Hall–Kier alpha value is -2.62. The van der Waals surface area contributed by atoms with Gasteiger partial charge >= 0.3 is 0 Å². The molecule has 3 rings (SSSR count). The van der Waals surface area contributed by atoms with E-state index in [0.29, 0.717) is 22.1 Å². The number of nitrogens with one attached hydrogen (secondary N) is 2. The molecule has 0 aliphatic heterocycles. The standard InChI is InChI=1S/C13H16N8OS/c1-7(2)12-19-20-13(23-12)18-8(22)4-21(3)11-9-10(15-5-14-9)16-6-17-11/h5-7H,4H2,1-3H3,(H,18,20,22)(H,14,15,16,17). The molecule has 0 unspecified atom stereocenters. The van der Waals surface area contributed by atoms with Crippen LogP contribution < -0.4 is 10.2 Å². The SMILES string of the molecule is CC(C)c1nnc(NC(=O)CN(C)c2ncnc3nc[nH]c23)s1. The first-order valence-corrected chi connectivity index (χ1v) is 7.84. The van der Waals surface area contributed by atoms with Crippen LogP contribution in [-0.4, -0.2) is 49.6 Å². The summed E-state index contributed by atoms with van der Waals surface area (Å²) in [4.78, 5) is 29.2. The molecule has 3 aromatic rings. The predicted molar refractivity (Wildman–Crippen MR) is 87.6 cm³/mol. The fraction of sp³-hybridized carbons (Fsp3) is 0.385. The molecule has 3 heterocycles. The molecule has 23 heavy (non-hydrogen) atoms. The molecular formula is C13H16N8OS. The summed E-state index contributed by atoms with van der Waals surface area (Å²) in [6.07, 6.45) is 2.97. The number of H-pyrrole nitrogens is 1. The summed E-state index contributed by atoms with van der Waals surface area (Å²) in [5.74, 6) is 0.712. The zero-order valence-electron chi connectivity index (χ0n) is 12.9. The zero-order valence-corrected chi connectivity index (χ0v) is 13.8. The Labute approximate surface area is 136 Å². The summed E-state index contributed by atoms with van der Waals surface area (Å²) in [6, 6.07) is 0. The van der Waals surface area contributed by atoms with Crippen molar-refractivity contribution in [3.63, 3.8) is 0 Å². The third kappa shape index (κ3) is 3.26. The number of carbonyl (C=O) groups excluding carboxylic acids is 1. The first-order valence-electron chi connectivity index (χ1n) is 7.03. The minimum absolute atomic E-state index is 0.127. The van der Waals surface area contributed by atoms with Crippen LogP contribution in [0.5, 0.6) is 0 Å². The van der Waals surface area contributed by atoms with E-state index in [9.17, 15) is 4.79 Å². The van der Waals surface area contributed by atoms with E-state index in [4.69, 9.17) is 0 Å². The van der Waals surface area contributed by atoms with Crippen molar-refractivity contribution in [1.29, 1.82) is 0 Å². The molecule has 0 bridgehead atoms. The molecule has 9 nitrogen and oxygen atoms in total. The molecule has 0 saturated heterocycles. The molecule has 0 aromatic carbocycles. The second-order valence-electron chi connectivity index (χ2n) is 5.30. The van der Waals surface area contributed by atoms with Gasteiger partial charge in [0.05, 0.1) is 12.9 Å². The van der Waals surface area contributed by atoms with Crippen LogP contribution in [0.25, 0.3) is 11.2 Å². The molecule has 0 aliphatic carbocycles. The Bertz CT molecular complexity index is 826. The average molecular weight is 332 g/mol. The number of fused-ring (bicyclic) bond motifs is 1. The normalized spacial score (nSPS) is 11.1. The Kier molecular flexibility index (Phi) is 4.15. The van der Waals surface area contributed by atoms with Crippen LogP contribution in [-0.2, 0) is 4.79 Å². The highest BCUT2D eigenvalue weighted by Crippen LogP contribution is 2.22. The van der Waals surface area contributed by atoms with Crippen LogP contribution in [0.4, 0.5) is 10.9 Å². The molecule has 0 atom stereocenters. The smallest absolute Gasteiger partial charge is 0.245 e. The quantitative estimate of drug-likeness (QED) is 0.726. The third-order valence-corrected chi connectivity index (χ3v) is 4.27. The Balaban J connectivity index is 1.68. The lowest BCUT2D eigenvalue weighted by molar-refractivity contribution is -0.114. The van der Waals surface area contributed by atoms with Crippen molar-refractivity contribution in [2.24, 2.45) is 0 Å². The van der Waals surface area contributed by atoms with Gasteiger partial charge in [0, 0.05) is 13.0 Å². The topological polar surface area (TPSA) is 113 Å². The second kappa shape index (κ2) is 6.24. The highest BCUT2D eigenvalue weighted by atomic mass is 32.1. The molecule has 10 heteroatoms. The van der Waals surface area contributed by atoms with Crippen molar-refractivity contribution in [2.75, 3.05) is 23.8 Å². The van der Waals surface area contributed by atoms with Gasteiger partial charge in [-0.3, -0.25) is 10.1 Å². The summed E-state index contributed by atoms with van der Waals surface area (Å²) in [6.45, 7) is 4.19. The van der Waals surface area contributed by atoms with Gasteiger partial charge < -0.3 is 9.88 Å². The Morgan fingerprint density at radius 3 is 2.91 bits per heavy atom. The van der Waals surface area contributed by atoms with Crippen molar-refractivity contribution in [2.45, 2.75) is 19.8 Å². The number of rotatable bonds is 5. The van der Waals surface area contributed by atoms with E-state index >= 15 is 0 Å². The first kappa shape index (κ1) is 15.3. The summed E-state index contributed by atoms with van der Waals surface area (Å²) < 4.78 is 0. The molecule has 0 radical (unpaired) electrons. The van der Waals surface area contributed by atoms with Gasteiger partial charge in [-0.2, -0.15) is 0 Å². The van der Waals surface area contributed by atoms with E-state index < -0.39 is 0 Å². The number of nitrogens with zero attached hydrogens (tertiary/aromatic N) is 6. The van der Waals surface area contributed by atoms with Crippen molar-refractivity contribution in [3.8, 4) is 0 Å².